The lowest BCUT2D eigenvalue weighted by molar-refractivity contribution is -0.145. The Morgan fingerprint density at radius 3 is 2.56 bits per heavy atom. The molecule has 5 nitrogen and oxygen atoms in total. The number of alkyl carbamates (subject to hydrolysis) is 1. The predicted molar refractivity (Wildman–Crippen MR) is 67.0 cm³/mol. The number of hydrogen-bond acceptors (Lipinski definition) is 4. The summed E-state index contributed by atoms with van der Waals surface area (Å²) in [7, 11) is 1.37. The highest BCUT2D eigenvalue weighted by molar-refractivity contribution is 5.73. The number of amides is 1. The molecule has 5 heteroatoms. The van der Waals surface area contributed by atoms with Gasteiger partial charge >= 0.3 is 12.1 Å². The van der Waals surface area contributed by atoms with Crippen molar-refractivity contribution in [3.63, 3.8) is 0 Å². The number of esters is 1. The Balaban J connectivity index is 2.48. The highest BCUT2D eigenvalue weighted by atomic mass is 16.6. The van der Waals surface area contributed by atoms with Crippen LogP contribution in [0.25, 0.3) is 0 Å². The first kappa shape index (κ1) is 14.5. The van der Waals surface area contributed by atoms with E-state index in [-0.39, 0.29) is 17.9 Å². The van der Waals surface area contributed by atoms with Crippen LogP contribution < -0.4 is 5.32 Å². The van der Waals surface area contributed by atoms with Crippen molar-refractivity contribution >= 4 is 12.1 Å². The van der Waals surface area contributed by atoms with E-state index in [1.807, 2.05) is 12.2 Å². The van der Waals surface area contributed by atoms with Gasteiger partial charge in [0.1, 0.15) is 5.60 Å². The van der Waals surface area contributed by atoms with E-state index in [2.05, 4.69) is 5.32 Å². The van der Waals surface area contributed by atoms with Crippen LogP contribution in [0.3, 0.4) is 0 Å². The lowest BCUT2D eigenvalue weighted by Crippen LogP contribution is -2.41. The third-order valence-electron chi connectivity index (χ3n) is 2.56. The first-order valence-corrected chi connectivity index (χ1v) is 6.06. The molecule has 0 saturated heterocycles. The van der Waals surface area contributed by atoms with Gasteiger partial charge in [0.25, 0.3) is 0 Å². The third-order valence-corrected chi connectivity index (χ3v) is 2.56. The summed E-state index contributed by atoms with van der Waals surface area (Å²) < 4.78 is 9.87. The molecule has 0 aromatic rings. The first-order chi connectivity index (χ1) is 8.31. The topological polar surface area (TPSA) is 64.6 Å². The zero-order valence-electron chi connectivity index (χ0n) is 11.4. The molecule has 0 saturated carbocycles. The fourth-order valence-electron chi connectivity index (χ4n) is 1.81. The quantitative estimate of drug-likeness (QED) is 0.605. The van der Waals surface area contributed by atoms with Crippen molar-refractivity contribution in [1.29, 1.82) is 0 Å². The van der Waals surface area contributed by atoms with Gasteiger partial charge in [0.05, 0.1) is 19.1 Å². The molecule has 0 heterocycles. The summed E-state index contributed by atoms with van der Waals surface area (Å²) >= 11 is 0. The largest absolute Gasteiger partial charge is 0.469 e. The minimum absolute atomic E-state index is 0.183. The summed E-state index contributed by atoms with van der Waals surface area (Å²) in [5.41, 5.74) is -0.524. The number of ether oxygens (including phenoxy) is 2. The highest BCUT2D eigenvalue weighted by Crippen LogP contribution is 2.20. The van der Waals surface area contributed by atoms with Crippen molar-refractivity contribution in [3.8, 4) is 0 Å². The lowest BCUT2D eigenvalue weighted by atomic mass is 9.91. The molecule has 1 aliphatic carbocycles. The smallest absolute Gasteiger partial charge is 0.408 e. The van der Waals surface area contributed by atoms with Crippen LogP contribution in [0, 0.1) is 5.92 Å². The van der Waals surface area contributed by atoms with Crippen molar-refractivity contribution in [2.24, 2.45) is 5.92 Å². The van der Waals surface area contributed by atoms with E-state index in [1.165, 1.54) is 7.11 Å². The van der Waals surface area contributed by atoms with Crippen molar-refractivity contribution in [2.45, 2.75) is 45.3 Å². The van der Waals surface area contributed by atoms with E-state index in [0.717, 1.165) is 0 Å². The van der Waals surface area contributed by atoms with Crippen molar-refractivity contribution in [1.82, 2.24) is 5.32 Å². The fraction of sp³-hybridized carbons (Fsp3) is 0.692. The Morgan fingerprint density at radius 1 is 1.33 bits per heavy atom. The second-order valence-corrected chi connectivity index (χ2v) is 5.37. The molecule has 1 amide bonds. The van der Waals surface area contributed by atoms with Gasteiger partial charge in [-0.2, -0.15) is 0 Å². The van der Waals surface area contributed by atoms with Gasteiger partial charge in [-0.1, -0.05) is 12.2 Å². The van der Waals surface area contributed by atoms with Gasteiger partial charge < -0.3 is 14.8 Å². The molecule has 0 bridgehead atoms. The molecule has 2 atom stereocenters. The van der Waals surface area contributed by atoms with Gasteiger partial charge in [-0.25, -0.2) is 4.79 Å². The maximum absolute atomic E-state index is 11.6. The molecule has 102 valence electrons. The van der Waals surface area contributed by atoms with E-state index in [9.17, 15) is 9.59 Å². The van der Waals surface area contributed by atoms with Crippen LogP contribution in [0.5, 0.6) is 0 Å². The molecule has 0 aromatic heterocycles. The summed E-state index contributed by atoms with van der Waals surface area (Å²) in [6, 6.07) is -0.183. The van der Waals surface area contributed by atoms with Crippen LogP contribution in [0.1, 0.15) is 33.6 Å². The zero-order valence-corrected chi connectivity index (χ0v) is 11.4. The number of methoxy groups -OCH3 is 1. The average Bonchev–Trinajstić information content (AvgIpc) is 2.25. The number of rotatable bonds is 2. The van der Waals surface area contributed by atoms with E-state index < -0.39 is 11.7 Å². The third kappa shape index (κ3) is 4.77. The molecule has 1 N–H and O–H groups in total. The number of carbonyl (C=O) groups excluding carboxylic acids is 2. The van der Waals surface area contributed by atoms with Crippen LogP contribution >= 0.6 is 0 Å². The van der Waals surface area contributed by atoms with Crippen molar-refractivity contribution in [3.05, 3.63) is 12.2 Å². The molecular weight excluding hydrogens is 234 g/mol. The van der Waals surface area contributed by atoms with Gasteiger partial charge in [-0.15, -0.1) is 0 Å². The van der Waals surface area contributed by atoms with Crippen molar-refractivity contribution < 1.29 is 19.1 Å². The molecule has 0 radical (unpaired) electrons. The monoisotopic (exact) mass is 255 g/mol. The van der Waals surface area contributed by atoms with Crippen molar-refractivity contribution in [2.75, 3.05) is 7.11 Å². The lowest BCUT2D eigenvalue weighted by Gasteiger charge is -2.26. The Bertz CT molecular complexity index is 343. The molecule has 0 spiro atoms. The van der Waals surface area contributed by atoms with Gasteiger partial charge in [0.2, 0.25) is 0 Å². The van der Waals surface area contributed by atoms with Gasteiger partial charge in [-0.05, 0) is 33.6 Å². The molecule has 1 aliphatic rings. The molecule has 2 unspecified atom stereocenters. The predicted octanol–water partition coefficient (Wildman–Crippen LogP) is 2.02. The number of allylic oxidation sites excluding steroid dienone is 1. The second kappa shape index (κ2) is 5.89. The SMILES string of the molecule is COC(=O)C1CC=CC(NC(=O)OC(C)(C)C)C1. The minimum Gasteiger partial charge on any atom is -0.469 e. The van der Waals surface area contributed by atoms with Crippen LogP contribution in [0.4, 0.5) is 4.79 Å². The normalized spacial score (nSPS) is 23.3. The Hall–Kier alpha value is -1.52. The summed E-state index contributed by atoms with van der Waals surface area (Å²) in [5, 5.41) is 2.73. The number of hydrogen-bond donors (Lipinski definition) is 1. The average molecular weight is 255 g/mol. The van der Waals surface area contributed by atoms with E-state index >= 15 is 0 Å². The molecule has 1 rings (SSSR count). The van der Waals surface area contributed by atoms with Crippen LogP contribution in [0.15, 0.2) is 12.2 Å². The van der Waals surface area contributed by atoms with Gasteiger partial charge in [0, 0.05) is 0 Å². The Labute approximate surface area is 108 Å². The highest BCUT2D eigenvalue weighted by Gasteiger charge is 2.26. The molecule has 18 heavy (non-hydrogen) atoms. The van der Waals surface area contributed by atoms with E-state index in [0.29, 0.717) is 12.8 Å². The zero-order chi connectivity index (χ0) is 13.8. The molecular formula is C13H21NO4. The Kier molecular flexibility index (Phi) is 4.76. The fourth-order valence-corrected chi connectivity index (χ4v) is 1.81. The van der Waals surface area contributed by atoms with E-state index in [1.54, 1.807) is 20.8 Å². The summed E-state index contributed by atoms with van der Waals surface area (Å²) in [6.45, 7) is 5.42. The summed E-state index contributed by atoms with van der Waals surface area (Å²) in [6.07, 6.45) is 4.49. The minimum atomic E-state index is -0.524. The second-order valence-electron chi connectivity index (χ2n) is 5.37. The number of nitrogens with one attached hydrogen (secondary N) is 1. The standard InChI is InChI=1S/C13H21NO4/c1-13(2,3)18-12(16)14-10-7-5-6-9(8-10)11(15)17-4/h5,7,9-10H,6,8H2,1-4H3,(H,14,16). The van der Waals surface area contributed by atoms with Crippen LogP contribution in [-0.4, -0.2) is 30.8 Å². The van der Waals surface area contributed by atoms with Gasteiger partial charge in [-0.3, -0.25) is 4.79 Å². The Morgan fingerprint density at radius 2 is 2.00 bits per heavy atom. The summed E-state index contributed by atoms with van der Waals surface area (Å²) in [5.74, 6) is -0.435. The van der Waals surface area contributed by atoms with Crippen LogP contribution in [0.2, 0.25) is 0 Å². The maximum atomic E-state index is 11.6. The molecule has 0 aliphatic heterocycles. The molecule has 0 fully saturated rings. The molecule has 0 aromatic carbocycles. The summed E-state index contributed by atoms with van der Waals surface area (Å²) in [4.78, 5) is 23.0. The van der Waals surface area contributed by atoms with Gasteiger partial charge in [0.15, 0.2) is 0 Å². The number of carbonyl (C=O) groups is 2. The first-order valence-electron chi connectivity index (χ1n) is 6.06. The maximum Gasteiger partial charge on any atom is 0.408 e. The van der Waals surface area contributed by atoms with Crippen LogP contribution in [-0.2, 0) is 14.3 Å². The van der Waals surface area contributed by atoms with E-state index in [4.69, 9.17) is 9.47 Å².